The van der Waals surface area contributed by atoms with Crippen molar-refractivity contribution in [3.63, 3.8) is 0 Å². The SMILES string of the molecule is C(=C\c1ccccc1)/C[NH+]1CC[NH+](Cc2c3ccccc3cc3ccccc23)CC1. The molecule has 4 aromatic carbocycles. The standard InChI is InChI=1S/C28H28N2/c1-2-9-23(10-3-1)11-8-16-29-17-19-30(20-18-29)22-28-26-14-6-4-12-24(26)21-25-13-5-7-15-27(25)28/h1-15,21H,16-20,22H2/p+2/b11-8+. The minimum Gasteiger partial charge on any atom is -0.322 e. The van der Waals surface area contributed by atoms with E-state index in [4.69, 9.17) is 0 Å². The summed E-state index contributed by atoms with van der Waals surface area (Å²) in [6.45, 7) is 7.22. The lowest BCUT2D eigenvalue weighted by Crippen LogP contribution is -3.27. The molecule has 150 valence electrons. The van der Waals surface area contributed by atoms with E-state index in [-0.39, 0.29) is 0 Å². The fourth-order valence-corrected chi connectivity index (χ4v) is 4.81. The molecule has 30 heavy (non-hydrogen) atoms. The summed E-state index contributed by atoms with van der Waals surface area (Å²) in [7, 11) is 0. The molecule has 0 saturated carbocycles. The fraction of sp³-hybridized carbons (Fsp3) is 0.214. The number of piperazine rings is 1. The largest absolute Gasteiger partial charge is 0.322 e. The van der Waals surface area contributed by atoms with Gasteiger partial charge >= 0.3 is 0 Å². The van der Waals surface area contributed by atoms with Gasteiger partial charge in [-0.2, -0.15) is 0 Å². The summed E-state index contributed by atoms with van der Waals surface area (Å²) in [4.78, 5) is 3.42. The zero-order valence-electron chi connectivity index (χ0n) is 17.5. The molecule has 2 N–H and O–H groups in total. The second-order valence-electron chi connectivity index (χ2n) is 8.49. The first kappa shape index (κ1) is 19.0. The first-order chi connectivity index (χ1) is 14.9. The Labute approximate surface area is 179 Å². The molecule has 0 amide bonds. The zero-order chi connectivity index (χ0) is 20.2. The summed E-state index contributed by atoms with van der Waals surface area (Å²) in [5, 5.41) is 5.57. The van der Waals surface area contributed by atoms with E-state index in [2.05, 4.69) is 97.1 Å². The van der Waals surface area contributed by atoms with Gasteiger partial charge in [0.25, 0.3) is 0 Å². The number of fused-ring (bicyclic) bond motifs is 2. The Hall–Kier alpha value is -2.94. The van der Waals surface area contributed by atoms with E-state index in [1.165, 1.54) is 58.9 Å². The molecule has 0 aromatic heterocycles. The normalized spacial score (nSPS) is 19.6. The van der Waals surface area contributed by atoms with Crippen molar-refractivity contribution < 1.29 is 9.80 Å². The van der Waals surface area contributed by atoms with Crippen LogP contribution >= 0.6 is 0 Å². The molecule has 0 bridgehead atoms. The van der Waals surface area contributed by atoms with Crippen LogP contribution < -0.4 is 9.80 Å². The first-order valence-corrected chi connectivity index (χ1v) is 11.1. The van der Waals surface area contributed by atoms with E-state index in [0.29, 0.717) is 0 Å². The van der Waals surface area contributed by atoms with Gasteiger partial charge in [0, 0.05) is 5.56 Å². The summed E-state index contributed by atoms with van der Waals surface area (Å²) in [5.41, 5.74) is 2.81. The second kappa shape index (κ2) is 8.83. The molecular formula is C28H30N2+2. The van der Waals surface area contributed by atoms with Crippen molar-refractivity contribution in [2.45, 2.75) is 6.54 Å². The van der Waals surface area contributed by atoms with Gasteiger partial charge in [-0.3, -0.25) is 0 Å². The molecule has 1 heterocycles. The molecule has 1 aliphatic heterocycles. The van der Waals surface area contributed by atoms with Crippen molar-refractivity contribution >= 4 is 27.6 Å². The number of benzene rings is 4. The van der Waals surface area contributed by atoms with Crippen LogP contribution in [0.15, 0.2) is 91.0 Å². The van der Waals surface area contributed by atoms with Gasteiger partial charge < -0.3 is 9.80 Å². The molecule has 1 saturated heterocycles. The smallest absolute Gasteiger partial charge is 0.127 e. The highest BCUT2D eigenvalue weighted by Gasteiger charge is 2.23. The number of quaternary nitrogens is 2. The Morgan fingerprint density at radius 1 is 0.633 bits per heavy atom. The van der Waals surface area contributed by atoms with E-state index in [9.17, 15) is 0 Å². The molecule has 4 aromatic rings. The molecule has 2 nitrogen and oxygen atoms in total. The molecule has 2 heteroatoms. The Morgan fingerprint density at radius 2 is 1.20 bits per heavy atom. The van der Waals surface area contributed by atoms with Crippen molar-refractivity contribution in [3.05, 3.63) is 102 Å². The summed E-state index contributed by atoms with van der Waals surface area (Å²) in [6.07, 6.45) is 4.60. The molecule has 0 radical (unpaired) electrons. The fourth-order valence-electron chi connectivity index (χ4n) is 4.81. The van der Waals surface area contributed by atoms with Gasteiger partial charge in [-0.15, -0.1) is 0 Å². The lowest BCUT2D eigenvalue weighted by molar-refractivity contribution is -1.02. The third-order valence-corrected chi connectivity index (χ3v) is 6.49. The molecule has 1 aliphatic rings. The van der Waals surface area contributed by atoms with Crippen LogP contribution in [0.5, 0.6) is 0 Å². The topological polar surface area (TPSA) is 8.88 Å². The Balaban J connectivity index is 1.27. The van der Waals surface area contributed by atoms with Crippen molar-refractivity contribution in [2.75, 3.05) is 32.7 Å². The van der Waals surface area contributed by atoms with Crippen LogP contribution in [0.1, 0.15) is 11.1 Å². The number of hydrogen-bond donors (Lipinski definition) is 2. The van der Waals surface area contributed by atoms with E-state index < -0.39 is 0 Å². The van der Waals surface area contributed by atoms with Gasteiger partial charge in [-0.05, 0) is 39.3 Å². The van der Waals surface area contributed by atoms with Crippen LogP contribution in [0.3, 0.4) is 0 Å². The highest BCUT2D eigenvalue weighted by molar-refractivity contribution is 6.02. The monoisotopic (exact) mass is 394 g/mol. The summed E-state index contributed by atoms with van der Waals surface area (Å²) >= 11 is 0. The molecular weight excluding hydrogens is 364 g/mol. The maximum atomic E-state index is 2.34. The number of hydrogen-bond acceptors (Lipinski definition) is 0. The molecule has 0 spiro atoms. The van der Waals surface area contributed by atoms with Crippen LogP contribution in [-0.2, 0) is 6.54 Å². The Kier molecular flexibility index (Phi) is 5.60. The maximum absolute atomic E-state index is 2.34. The summed E-state index contributed by atoms with van der Waals surface area (Å²) in [5.74, 6) is 0. The highest BCUT2D eigenvalue weighted by atomic mass is 15.3. The van der Waals surface area contributed by atoms with Gasteiger partial charge in [0.15, 0.2) is 0 Å². The van der Waals surface area contributed by atoms with E-state index in [0.717, 1.165) is 13.1 Å². The van der Waals surface area contributed by atoms with Crippen LogP contribution in [-0.4, -0.2) is 32.7 Å². The average molecular weight is 395 g/mol. The maximum Gasteiger partial charge on any atom is 0.127 e. The van der Waals surface area contributed by atoms with Crippen molar-refractivity contribution in [3.8, 4) is 0 Å². The lowest BCUT2D eigenvalue weighted by Gasteiger charge is -2.29. The lowest BCUT2D eigenvalue weighted by atomic mass is 9.96. The Morgan fingerprint density at radius 3 is 1.87 bits per heavy atom. The molecule has 1 fully saturated rings. The summed E-state index contributed by atoms with van der Waals surface area (Å²) in [6, 6.07) is 30.7. The molecule has 5 rings (SSSR count). The van der Waals surface area contributed by atoms with Crippen molar-refractivity contribution in [1.82, 2.24) is 0 Å². The van der Waals surface area contributed by atoms with Crippen LogP contribution in [0.25, 0.3) is 27.6 Å². The van der Waals surface area contributed by atoms with E-state index >= 15 is 0 Å². The molecule has 0 aliphatic carbocycles. The predicted octanol–water partition coefficient (Wildman–Crippen LogP) is 2.99. The van der Waals surface area contributed by atoms with Gasteiger partial charge in [0.2, 0.25) is 0 Å². The van der Waals surface area contributed by atoms with E-state index in [1.54, 1.807) is 9.80 Å². The Bertz CT molecular complexity index is 1100. The molecule has 0 unspecified atom stereocenters. The zero-order valence-corrected chi connectivity index (χ0v) is 17.5. The third-order valence-electron chi connectivity index (χ3n) is 6.49. The van der Waals surface area contributed by atoms with Crippen LogP contribution in [0.2, 0.25) is 0 Å². The van der Waals surface area contributed by atoms with Gasteiger partial charge in [-0.25, -0.2) is 0 Å². The van der Waals surface area contributed by atoms with E-state index in [1.807, 2.05) is 0 Å². The minimum atomic E-state index is 1.12. The van der Waals surface area contributed by atoms with Crippen LogP contribution in [0.4, 0.5) is 0 Å². The second-order valence-corrected chi connectivity index (χ2v) is 8.49. The number of rotatable bonds is 5. The molecule has 0 atom stereocenters. The predicted molar refractivity (Wildman–Crippen MR) is 127 cm³/mol. The third kappa shape index (κ3) is 4.16. The van der Waals surface area contributed by atoms with Gasteiger partial charge in [0.1, 0.15) is 32.7 Å². The average Bonchev–Trinajstić information content (AvgIpc) is 2.81. The minimum absolute atomic E-state index is 1.12. The first-order valence-electron chi connectivity index (χ1n) is 11.1. The van der Waals surface area contributed by atoms with Gasteiger partial charge in [0.05, 0.1) is 6.54 Å². The highest BCUT2D eigenvalue weighted by Crippen LogP contribution is 2.27. The van der Waals surface area contributed by atoms with Crippen LogP contribution in [0, 0.1) is 0 Å². The quantitative estimate of drug-likeness (QED) is 0.482. The number of nitrogens with one attached hydrogen (secondary N) is 2. The van der Waals surface area contributed by atoms with Crippen molar-refractivity contribution in [2.24, 2.45) is 0 Å². The van der Waals surface area contributed by atoms with Crippen molar-refractivity contribution in [1.29, 1.82) is 0 Å². The van der Waals surface area contributed by atoms with Gasteiger partial charge in [-0.1, -0.05) is 84.9 Å². The summed E-state index contributed by atoms with van der Waals surface area (Å²) < 4.78 is 0.